The van der Waals surface area contributed by atoms with Crippen molar-refractivity contribution < 1.29 is 9.53 Å². The molecular formula is C15H15ClN2O2. The van der Waals surface area contributed by atoms with Crippen LogP contribution in [0.5, 0.6) is 5.75 Å². The summed E-state index contributed by atoms with van der Waals surface area (Å²) in [4.78, 5) is 11.9. The summed E-state index contributed by atoms with van der Waals surface area (Å²) in [5.41, 5.74) is 2.23. The lowest BCUT2D eigenvalue weighted by Gasteiger charge is -2.11. The molecule has 2 amide bonds. The number of amides is 2. The van der Waals surface area contributed by atoms with Crippen LogP contribution in [-0.4, -0.2) is 13.1 Å². The summed E-state index contributed by atoms with van der Waals surface area (Å²) in [5.74, 6) is 1.03. The van der Waals surface area contributed by atoms with Crippen LogP contribution in [0.1, 0.15) is 5.56 Å². The van der Waals surface area contributed by atoms with Gasteiger partial charge in [0.05, 0.1) is 7.11 Å². The van der Waals surface area contributed by atoms with Gasteiger partial charge in [0.25, 0.3) is 0 Å². The molecule has 2 aromatic carbocycles. The molecule has 0 aliphatic carbocycles. The average Bonchev–Trinajstić information content (AvgIpc) is 2.48. The number of urea groups is 1. The summed E-state index contributed by atoms with van der Waals surface area (Å²) >= 11 is 5.83. The smallest absolute Gasteiger partial charge is 0.323 e. The first-order valence-electron chi connectivity index (χ1n) is 6.09. The van der Waals surface area contributed by atoms with Crippen molar-refractivity contribution in [1.29, 1.82) is 0 Å². The van der Waals surface area contributed by atoms with Crippen molar-refractivity contribution in [3.63, 3.8) is 0 Å². The maximum Gasteiger partial charge on any atom is 0.323 e. The van der Waals surface area contributed by atoms with Crippen LogP contribution in [0.3, 0.4) is 0 Å². The van der Waals surface area contributed by atoms with Crippen molar-refractivity contribution >= 4 is 29.0 Å². The third-order valence-electron chi connectivity index (χ3n) is 2.74. The van der Waals surface area contributed by atoms with Crippen LogP contribution in [-0.2, 0) is 5.88 Å². The Hall–Kier alpha value is -2.20. The van der Waals surface area contributed by atoms with E-state index in [0.717, 1.165) is 5.56 Å². The number of para-hydroxylation sites is 1. The molecule has 4 nitrogen and oxygen atoms in total. The van der Waals surface area contributed by atoms with Gasteiger partial charge in [0.2, 0.25) is 0 Å². The number of hydrogen-bond donors (Lipinski definition) is 2. The van der Waals surface area contributed by atoms with E-state index in [1.165, 1.54) is 0 Å². The lowest BCUT2D eigenvalue weighted by atomic mass is 10.2. The van der Waals surface area contributed by atoms with Gasteiger partial charge in [-0.25, -0.2) is 4.79 Å². The number of hydrogen-bond acceptors (Lipinski definition) is 2. The molecule has 2 N–H and O–H groups in total. The van der Waals surface area contributed by atoms with Gasteiger partial charge in [-0.1, -0.05) is 24.3 Å². The quantitative estimate of drug-likeness (QED) is 0.834. The number of carbonyl (C=O) groups is 1. The molecule has 0 radical (unpaired) electrons. The molecule has 0 bridgehead atoms. The second-order valence-electron chi connectivity index (χ2n) is 4.10. The normalized spacial score (nSPS) is 9.90. The minimum Gasteiger partial charge on any atom is -0.497 e. The Labute approximate surface area is 122 Å². The monoisotopic (exact) mass is 290 g/mol. The van der Waals surface area contributed by atoms with Crippen molar-refractivity contribution in [1.82, 2.24) is 0 Å². The fourth-order valence-electron chi connectivity index (χ4n) is 1.74. The Balaban J connectivity index is 2.05. The maximum atomic E-state index is 11.9. The van der Waals surface area contributed by atoms with Crippen LogP contribution in [0, 0.1) is 0 Å². The number of anilines is 2. The summed E-state index contributed by atoms with van der Waals surface area (Å²) in [6.45, 7) is 0. The molecule has 0 heterocycles. The molecule has 0 unspecified atom stereocenters. The van der Waals surface area contributed by atoms with Crippen LogP contribution in [0.2, 0.25) is 0 Å². The van der Waals surface area contributed by atoms with E-state index in [0.29, 0.717) is 23.0 Å². The van der Waals surface area contributed by atoms with Gasteiger partial charge >= 0.3 is 6.03 Å². The lowest BCUT2D eigenvalue weighted by molar-refractivity contribution is 0.262. The molecular weight excluding hydrogens is 276 g/mol. The van der Waals surface area contributed by atoms with Crippen molar-refractivity contribution in [2.24, 2.45) is 0 Å². The number of nitrogens with one attached hydrogen (secondary N) is 2. The molecule has 0 saturated carbocycles. The minimum absolute atomic E-state index is 0.323. The molecule has 0 spiro atoms. The van der Waals surface area contributed by atoms with Gasteiger partial charge in [0, 0.05) is 23.3 Å². The molecule has 2 aromatic rings. The predicted octanol–water partition coefficient (Wildman–Crippen LogP) is 4.08. The largest absolute Gasteiger partial charge is 0.497 e. The van der Waals surface area contributed by atoms with Crippen LogP contribution in [0.4, 0.5) is 16.2 Å². The second kappa shape index (κ2) is 6.82. The Morgan fingerprint density at radius 2 is 1.95 bits per heavy atom. The van der Waals surface area contributed by atoms with E-state index < -0.39 is 0 Å². The van der Waals surface area contributed by atoms with Crippen LogP contribution in [0.15, 0.2) is 48.5 Å². The molecule has 0 saturated heterocycles. The van der Waals surface area contributed by atoms with Gasteiger partial charge < -0.3 is 15.4 Å². The van der Waals surface area contributed by atoms with E-state index in [-0.39, 0.29) is 6.03 Å². The van der Waals surface area contributed by atoms with E-state index in [9.17, 15) is 4.79 Å². The minimum atomic E-state index is -0.323. The highest BCUT2D eigenvalue weighted by atomic mass is 35.5. The predicted molar refractivity (Wildman–Crippen MR) is 81.6 cm³/mol. The van der Waals surface area contributed by atoms with Gasteiger partial charge in [-0.2, -0.15) is 0 Å². The lowest BCUT2D eigenvalue weighted by Crippen LogP contribution is -2.20. The highest BCUT2D eigenvalue weighted by Crippen LogP contribution is 2.19. The van der Waals surface area contributed by atoms with Crippen molar-refractivity contribution in [2.75, 3.05) is 17.7 Å². The van der Waals surface area contributed by atoms with Crippen LogP contribution in [0.25, 0.3) is 0 Å². The molecule has 5 heteroatoms. The first kappa shape index (κ1) is 14.2. The van der Waals surface area contributed by atoms with Gasteiger partial charge in [-0.15, -0.1) is 11.6 Å². The Morgan fingerprint density at radius 3 is 2.70 bits per heavy atom. The fourth-order valence-corrected chi connectivity index (χ4v) is 1.98. The van der Waals surface area contributed by atoms with Gasteiger partial charge in [0.1, 0.15) is 5.75 Å². The zero-order valence-corrected chi connectivity index (χ0v) is 11.8. The number of carbonyl (C=O) groups excluding carboxylic acids is 1. The van der Waals surface area contributed by atoms with E-state index in [1.807, 2.05) is 30.3 Å². The van der Waals surface area contributed by atoms with Gasteiger partial charge in [0.15, 0.2) is 0 Å². The highest BCUT2D eigenvalue weighted by Gasteiger charge is 2.06. The number of benzene rings is 2. The van der Waals surface area contributed by atoms with E-state index in [4.69, 9.17) is 16.3 Å². The second-order valence-corrected chi connectivity index (χ2v) is 4.37. The highest BCUT2D eigenvalue weighted by molar-refractivity contribution is 6.17. The Bertz CT molecular complexity index is 602. The third kappa shape index (κ3) is 3.65. The summed E-state index contributed by atoms with van der Waals surface area (Å²) < 4.78 is 5.10. The molecule has 0 atom stereocenters. The maximum absolute atomic E-state index is 11.9. The van der Waals surface area contributed by atoms with Gasteiger partial charge in [-0.05, 0) is 23.8 Å². The zero-order valence-electron chi connectivity index (χ0n) is 11.0. The number of ether oxygens (including phenoxy) is 1. The molecule has 20 heavy (non-hydrogen) atoms. The molecule has 0 aliphatic heterocycles. The Morgan fingerprint density at radius 1 is 1.15 bits per heavy atom. The number of methoxy groups -OCH3 is 1. The standard InChI is InChI=1S/C15H15ClN2O2/c1-20-13-7-4-6-12(9-13)17-15(19)18-14-8-3-2-5-11(14)10-16/h2-9H,10H2,1H3,(H2,17,18,19). The van der Waals surface area contributed by atoms with E-state index >= 15 is 0 Å². The SMILES string of the molecule is COc1cccc(NC(=O)Nc2ccccc2CCl)c1. The Kier molecular flexibility index (Phi) is 4.85. The van der Waals surface area contributed by atoms with Crippen LogP contribution < -0.4 is 15.4 Å². The molecule has 0 fully saturated rings. The number of alkyl halides is 1. The summed E-state index contributed by atoms with van der Waals surface area (Å²) in [6, 6.07) is 14.2. The van der Waals surface area contributed by atoms with E-state index in [1.54, 1.807) is 25.3 Å². The third-order valence-corrected chi connectivity index (χ3v) is 3.03. The van der Waals surface area contributed by atoms with E-state index in [2.05, 4.69) is 10.6 Å². The topological polar surface area (TPSA) is 50.4 Å². The first-order chi connectivity index (χ1) is 9.72. The van der Waals surface area contributed by atoms with Crippen molar-refractivity contribution in [2.45, 2.75) is 5.88 Å². The zero-order chi connectivity index (χ0) is 14.4. The first-order valence-corrected chi connectivity index (χ1v) is 6.62. The summed E-state index contributed by atoms with van der Waals surface area (Å²) in [7, 11) is 1.58. The van der Waals surface area contributed by atoms with Gasteiger partial charge in [-0.3, -0.25) is 0 Å². The number of rotatable bonds is 4. The van der Waals surface area contributed by atoms with Crippen LogP contribution >= 0.6 is 11.6 Å². The average molecular weight is 291 g/mol. The van der Waals surface area contributed by atoms with Crippen molar-refractivity contribution in [3.05, 3.63) is 54.1 Å². The molecule has 2 rings (SSSR count). The summed E-state index contributed by atoms with van der Waals surface area (Å²) in [6.07, 6.45) is 0. The fraction of sp³-hybridized carbons (Fsp3) is 0.133. The summed E-state index contributed by atoms with van der Waals surface area (Å²) in [5, 5.41) is 5.52. The molecule has 0 aliphatic rings. The molecule has 104 valence electrons. The van der Waals surface area contributed by atoms with Crippen molar-refractivity contribution in [3.8, 4) is 5.75 Å². The molecule has 0 aromatic heterocycles. The number of halogens is 1.